The molecule has 27 heavy (non-hydrogen) atoms. The first-order valence-corrected chi connectivity index (χ1v) is 10.7. The molecule has 0 radical (unpaired) electrons. The minimum absolute atomic E-state index is 0.0251. The fourth-order valence-corrected chi connectivity index (χ4v) is 5.68. The molecule has 7 nitrogen and oxygen atoms in total. The van der Waals surface area contributed by atoms with Gasteiger partial charge in [0.15, 0.2) is 15.6 Å². The fraction of sp³-hybridized carbons (Fsp3) is 0.474. The Balaban J connectivity index is 2.23. The molecule has 0 fully saturated rings. The Morgan fingerprint density at radius 2 is 2.00 bits per heavy atom. The van der Waals surface area contributed by atoms with Crippen LogP contribution in [0.2, 0.25) is 0 Å². The van der Waals surface area contributed by atoms with Crippen LogP contribution in [0.15, 0.2) is 22.0 Å². The second-order valence-corrected chi connectivity index (χ2v) is 8.77. The van der Waals surface area contributed by atoms with E-state index in [0.717, 1.165) is 0 Å². The Hall–Kier alpha value is -2.19. The Morgan fingerprint density at radius 1 is 1.30 bits per heavy atom. The molecule has 1 atom stereocenters. The third-order valence-corrected chi connectivity index (χ3v) is 7.00. The highest BCUT2D eigenvalue weighted by Crippen LogP contribution is 2.40. The van der Waals surface area contributed by atoms with Gasteiger partial charge in [-0.1, -0.05) is 0 Å². The molecule has 0 aliphatic carbocycles. The van der Waals surface area contributed by atoms with E-state index in [1.165, 1.54) is 10.9 Å². The van der Waals surface area contributed by atoms with Gasteiger partial charge in [-0.15, -0.1) is 0 Å². The van der Waals surface area contributed by atoms with Crippen molar-refractivity contribution in [3.63, 3.8) is 0 Å². The van der Waals surface area contributed by atoms with Crippen molar-refractivity contribution < 1.29 is 17.9 Å². The van der Waals surface area contributed by atoms with Crippen LogP contribution in [0.3, 0.4) is 0 Å². The van der Waals surface area contributed by atoms with Gasteiger partial charge in [0.1, 0.15) is 5.56 Å². The predicted octanol–water partition coefficient (Wildman–Crippen LogP) is 2.30. The monoisotopic (exact) mass is 392 g/mol. The number of nitrogens with one attached hydrogen (secondary N) is 1. The van der Waals surface area contributed by atoms with Gasteiger partial charge < -0.3 is 9.84 Å². The number of hydrogen-bond donors (Lipinski definition) is 1. The van der Waals surface area contributed by atoms with E-state index < -0.39 is 15.6 Å². The van der Waals surface area contributed by atoms with Gasteiger partial charge in [0.25, 0.3) is 5.56 Å². The van der Waals surface area contributed by atoms with E-state index in [1.807, 2.05) is 6.92 Å². The van der Waals surface area contributed by atoms with Gasteiger partial charge in [-0.05, 0) is 51.3 Å². The zero-order valence-electron chi connectivity index (χ0n) is 16.0. The van der Waals surface area contributed by atoms with Gasteiger partial charge in [-0.25, -0.2) is 8.42 Å². The topological polar surface area (TPSA) is 98.2 Å². The van der Waals surface area contributed by atoms with E-state index in [1.54, 1.807) is 26.8 Å². The van der Waals surface area contributed by atoms with Crippen LogP contribution in [0.25, 0.3) is 0 Å². The molecule has 0 amide bonds. The van der Waals surface area contributed by atoms with Crippen LogP contribution in [0, 0.1) is 13.8 Å². The van der Waals surface area contributed by atoms with Crippen molar-refractivity contribution in [2.45, 2.75) is 51.7 Å². The van der Waals surface area contributed by atoms with E-state index in [0.29, 0.717) is 41.8 Å². The number of sulfone groups is 1. The minimum atomic E-state index is -3.42. The summed E-state index contributed by atoms with van der Waals surface area (Å²) in [5.74, 6) is -0.387. The summed E-state index contributed by atoms with van der Waals surface area (Å²) in [6, 6.07) is 1.57. The van der Waals surface area contributed by atoms with E-state index in [9.17, 15) is 18.0 Å². The lowest BCUT2D eigenvalue weighted by atomic mass is 9.90. The number of hydrogen-bond acceptors (Lipinski definition) is 5. The number of carbonyl (C=O) groups is 1. The van der Waals surface area contributed by atoms with E-state index in [2.05, 4.69) is 5.10 Å². The first-order chi connectivity index (χ1) is 12.7. The van der Waals surface area contributed by atoms with E-state index >= 15 is 0 Å². The third-order valence-electron chi connectivity index (χ3n) is 5.07. The lowest BCUT2D eigenvalue weighted by Gasteiger charge is -2.29. The first kappa shape index (κ1) is 19.6. The van der Waals surface area contributed by atoms with Gasteiger partial charge >= 0.3 is 0 Å². The second-order valence-electron chi connectivity index (χ2n) is 6.73. The van der Waals surface area contributed by atoms with Crippen LogP contribution >= 0.6 is 0 Å². The third kappa shape index (κ3) is 3.17. The van der Waals surface area contributed by atoms with Gasteiger partial charge in [-0.3, -0.25) is 14.3 Å². The van der Waals surface area contributed by atoms with Crippen LogP contribution in [0.1, 0.15) is 59.0 Å². The average molecular weight is 392 g/mol. The van der Waals surface area contributed by atoms with Crippen molar-refractivity contribution in [3.8, 4) is 0 Å². The van der Waals surface area contributed by atoms with Crippen molar-refractivity contribution in [1.29, 1.82) is 0 Å². The number of aromatic nitrogens is 2. The smallest absolute Gasteiger partial charge is 0.277 e. The zero-order valence-corrected chi connectivity index (χ0v) is 16.8. The number of carbonyl (C=O) groups excluding carboxylic acids is 1. The molecule has 0 saturated carbocycles. The molecule has 0 saturated heterocycles. The lowest BCUT2D eigenvalue weighted by Crippen LogP contribution is -2.26. The van der Waals surface area contributed by atoms with Gasteiger partial charge in [0.05, 0.1) is 16.8 Å². The van der Waals surface area contributed by atoms with Crippen LogP contribution in [-0.2, 0) is 21.1 Å². The fourth-order valence-electron chi connectivity index (χ4n) is 3.78. The highest BCUT2D eigenvalue weighted by atomic mass is 32.2. The summed E-state index contributed by atoms with van der Waals surface area (Å²) in [6.45, 7) is 7.94. The second kappa shape index (κ2) is 7.09. The average Bonchev–Trinajstić information content (AvgIpc) is 2.99. The van der Waals surface area contributed by atoms with Crippen molar-refractivity contribution in [2.24, 2.45) is 0 Å². The number of nitrogens with zero attached hydrogens (tertiary/aromatic N) is 1. The van der Waals surface area contributed by atoms with Crippen LogP contribution in [0.4, 0.5) is 0 Å². The van der Waals surface area contributed by atoms with Crippen molar-refractivity contribution in [1.82, 2.24) is 9.78 Å². The molecular weight excluding hydrogens is 368 g/mol. The molecule has 3 rings (SSSR count). The summed E-state index contributed by atoms with van der Waals surface area (Å²) in [6.07, 6.45) is 1.38. The van der Waals surface area contributed by atoms with E-state index in [4.69, 9.17) is 4.74 Å². The van der Waals surface area contributed by atoms with Gasteiger partial charge in [0.2, 0.25) is 0 Å². The largest absolute Gasteiger partial charge is 0.374 e. The van der Waals surface area contributed by atoms with Crippen molar-refractivity contribution in [3.05, 3.63) is 50.4 Å². The Bertz CT molecular complexity index is 1060. The molecule has 1 aliphatic heterocycles. The normalized spacial score (nSPS) is 18.3. The molecule has 1 aromatic carbocycles. The molecule has 2 heterocycles. The van der Waals surface area contributed by atoms with Crippen LogP contribution in [-0.4, -0.2) is 36.3 Å². The molecule has 0 spiro atoms. The Labute approximate surface area is 158 Å². The maximum Gasteiger partial charge on any atom is 0.277 e. The number of aryl methyl sites for hydroxylation is 2. The molecule has 146 valence electrons. The molecule has 0 bridgehead atoms. The van der Waals surface area contributed by atoms with Gasteiger partial charge in [0, 0.05) is 30.5 Å². The lowest BCUT2D eigenvalue weighted by molar-refractivity contribution is 0.0561. The predicted molar refractivity (Wildman–Crippen MR) is 101 cm³/mol. The molecule has 1 aromatic heterocycles. The number of ketones is 1. The standard InChI is InChI=1S/C19H24N2O5S/c1-5-21-19(23)14(10-20-21)17(22)13-9-11(3)18-16(12(13)4)15(26-6-2)7-8-27(18,24)25/h9-10,15,20H,5-8H2,1-4H3. The van der Waals surface area contributed by atoms with Crippen molar-refractivity contribution in [2.75, 3.05) is 12.4 Å². The van der Waals surface area contributed by atoms with E-state index in [-0.39, 0.29) is 27.9 Å². The SMILES string of the molecule is CCOC1CCS(=O)(=O)c2c(C)cc(C(=O)c3c[nH]n(CC)c3=O)c(C)c21. The maximum absolute atomic E-state index is 13.1. The highest BCUT2D eigenvalue weighted by Gasteiger charge is 2.35. The number of rotatable bonds is 5. The van der Waals surface area contributed by atoms with Crippen molar-refractivity contribution >= 4 is 15.6 Å². The number of aromatic amines is 1. The zero-order chi connectivity index (χ0) is 19.9. The maximum atomic E-state index is 13.1. The van der Waals surface area contributed by atoms with Crippen LogP contribution < -0.4 is 5.56 Å². The summed E-state index contributed by atoms with van der Waals surface area (Å²) in [7, 11) is -3.42. The first-order valence-electron chi connectivity index (χ1n) is 9.04. The molecule has 2 aromatic rings. The molecule has 8 heteroatoms. The summed E-state index contributed by atoms with van der Waals surface area (Å²) in [5, 5.41) is 2.78. The number of ether oxygens (including phenoxy) is 1. The van der Waals surface area contributed by atoms with Gasteiger partial charge in [-0.2, -0.15) is 0 Å². The Morgan fingerprint density at radius 3 is 2.59 bits per heavy atom. The summed E-state index contributed by atoms with van der Waals surface area (Å²) >= 11 is 0. The number of benzene rings is 1. The summed E-state index contributed by atoms with van der Waals surface area (Å²) < 4.78 is 32.4. The molecule has 1 aliphatic rings. The van der Waals surface area contributed by atoms with Crippen LogP contribution in [0.5, 0.6) is 0 Å². The summed E-state index contributed by atoms with van der Waals surface area (Å²) in [4.78, 5) is 25.7. The quantitative estimate of drug-likeness (QED) is 0.788. The molecule has 1 N–H and O–H groups in total. The number of H-pyrrole nitrogens is 1. The molecule has 1 unspecified atom stereocenters. The molecular formula is C19H24N2O5S. The Kier molecular flexibility index (Phi) is 5.14. The number of fused-ring (bicyclic) bond motifs is 1. The minimum Gasteiger partial charge on any atom is -0.374 e. The summed E-state index contributed by atoms with van der Waals surface area (Å²) in [5.41, 5.74) is 1.63. The highest BCUT2D eigenvalue weighted by molar-refractivity contribution is 7.91.